The number of rotatable bonds is 2. The maximum atomic E-state index is 13.5. The minimum atomic E-state index is -4.67. The van der Waals surface area contributed by atoms with Crippen molar-refractivity contribution in [1.29, 1.82) is 10.8 Å². The fourth-order valence-electron chi connectivity index (χ4n) is 3.79. The molecule has 2 aliphatic rings. The van der Waals surface area contributed by atoms with Gasteiger partial charge < -0.3 is 31.1 Å². The Morgan fingerprint density at radius 1 is 0.676 bits per heavy atom. The van der Waals surface area contributed by atoms with Crippen LogP contribution in [0.4, 0.5) is 20.2 Å². The molecule has 2 saturated heterocycles. The van der Waals surface area contributed by atoms with Crippen LogP contribution in [0.1, 0.15) is 0 Å². The van der Waals surface area contributed by atoms with Crippen molar-refractivity contribution in [2.45, 2.75) is 0 Å². The summed E-state index contributed by atoms with van der Waals surface area (Å²) in [6, 6.07) is 13.5. The van der Waals surface area contributed by atoms with Crippen LogP contribution in [0.25, 0.3) is 0 Å². The molecule has 0 amide bonds. The van der Waals surface area contributed by atoms with Gasteiger partial charge in [0.1, 0.15) is 11.6 Å². The summed E-state index contributed by atoms with van der Waals surface area (Å²) < 4.78 is 58.6. The Balaban J connectivity index is 0.000000221. The quantitative estimate of drug-likeness (QED) is 0.182. The first-order valence-electron chi connectivity index (χ1n) is 11.2. The molecule has 204 valence electrons. The smallest absolute Gasteiger partial charge is 0.370 e. The summed E-state index contributed by atoms with van der Waals surface area (Å²) in [5.74, 6) is -0.209. The highest BCUT2D eigenvalue weighted by molar-refractivity contribution is 7.79. The van der Waals surface area contributed by atoms with Gasteiger partial charge in [0.15, 0.2) is 11.9 Å². The van der Waals surface area contributed by atoms with Crippen molar-refractivity contribution in [3.05, 3.63) is 60.2 Å². The number of para-hydroxylation sites is 2. The third-order valence-corrected chi connectivity index (χ3v) is 5.63. The molecule has 0 radical (unpaired) electrons. The molecule has 8 N–H and O–H groups in total. The maximum Gasteiger partial charge on any atom is 0.394 e. The molecular formula is C22H32F2N8O4S. The highest BCUT2D eigenvalue weighted by Gasteiger charge is 2.20. The Hall–Kier alpha value is -3.69. The van der Waals surface area contributed by atoms with E-state index in [0.29, 0.717) is 63.7 Å². The van der Waals surface area contributed by atoms with Gasteiger partial charge in [-0.05, 0) is 24.3 Å². The Bertz CT molecular complexity index is 1070. The first-order chi connectivity index (χ1) is 17.4. The fourth-order valence-corrected chi connectivity index (χ4v) is 3.79. The molecule has 0 spiro atoms. The standard InChI is InChI=1S/2C11H15FN4.H2O4S/c2*12-9-3-1-2-4-10(9)15-5-7-16(8-6-15)11(13)14;1-5(2,3)4/h2*1-4H,5-8H2,(H3,13,14);(H2,1,2,3,4). The van der Waals surface area contributed by atoms with Crippen LogP contribution in [0.2, 0.25) is 0 Å². The van der Waals surface area contributed by atoms with Gasteiger partial charge in [0.25, 0.3) is 0 Å². The van der Waals surface area contributed by atoms with E-state index in [9.17, 15) is 8.78 Å². The van der Waals surface area contributed by atoms with Gasteiger partial charge >= 0.3 is 10.4 Å². The molecule has 0 bridgehead atoms. The second-order valence-corrected chi connectivity index (χ2v) is 8.96. The number of guanidine groups is 2. The zero-order valence-electron chi connectivity index (χ0n) is 20.1. The van der Waals surface area contributed by atoms with E-state index >= 15 is 0 Å². The summed E-state index contributed by atoms with van der Waals surface area (Å²) in [5.41, 5.74) is 12.1. The van der Waals surface area contributed by atoms with Crippen molar-refractivity contribution >= 4 is 33.7 Å². The van der Waals surface area contributed by atoms with Gasteiger partial charge in [-0.15, -0.1) is 0 Å². The number of halogens is 2. The van der Waals surface area contributed by atoms with Gasteiger partial charge in [0.05, 0.1) is 11.4 Å². The third-order valence-electron chi connectivity index (χ3n) is 5.63. The van der Waals surface area contributed by atoms with Gasteiger partial charge in [-0.2, -0.15) is 8.42 Å². The molecule has 37 heavy (non-hydrogen) atoms. The lowest BCUT2D eigenvalue weighted by molar-refractivity contribution is 0.378. The minimum Gasteiger partial charge on any atom is -0.370 e. The average Bonchev–Trinajstić information content (AvgIpc) is 2.84. The first-order valence-corrected chi connectivity index (χ1v) is 12.6. The molecule has 0 atom stereocenters. The van der Waals surface area contributed by atoms with Crippen molar-refractivity contribution in [2.24, 2.45) is 11.5 Å². The largest absolute Gasteiger partial charge is 0.394 e. The van der Waals surface area contributed by atoms with E-state index in [1.807, 2.05) is 21.9 Å². The van der Waals surface area contributed by atoms with Crippen LogP contribution < -0.4 is 21.3 Å². The number of nitrogens with zero attached hydrogens (tertiary/aromatic N) is 4. The van der Waals surface area contributed by atoms with Crippen molar-refractivity contribution < 1.29 is 26.3 Å². The summed E-state index contributed by atoms with van der Waals surface area (Å²) in [6.07, 6.45) is 0. The summed E-state index contributed by atoms with van der Waals surface area (Å²) >= 11 is 0. The zero-order chi connectivity index (χ0) is 27.6. The molecule has 0 saturated carbocycles. The summed E-state index contributed by atoms with van der Waals surface area (Å²) in [5, 5.41) is 14.6. The third kappa shape index (κ3) is 10.1. The van der Waals surface area contributed by atoms with Crippen molar-refractivity contribution in [1.82, 2.24) is 9.80 Å². The van der Waals surface area contributed by atoms with Crippen LogP contribution in [0.3, 0.4) is 0 Å². The van der Waals surface area contributed by atoms with E-state index in [0.717, 1.165) is 0 Å². The van der Waals surface area contributed by atoms with Crippen LogP contribution in [-0.2, 0) is 10.4 Å². The lowest BCUT2D eigenvalue weighted by Crippen LogP contribution is -2.51. The molecule has 4 rings (SSSR count). The van der Waals surface area contributed by atoms with Gasteiger partial charge in [-0.3, -0.25) is 19.9 Å². The lowest BCUT2D eigenvalue weighted by atomic mass is 10.2. The first kappa shape index (κ1) is 29.5. The summed E-state index contributed by atoms with van der Waals surface area (Å²) in [7, 11) is -4.67. The Kier molecular flexibility index (Phi) is 10.8. The Morgan fingerprint density at radius 2 is 0.946 bits per heavy atom. The number of hydrogen-bond donors (Lipinski definition) is 6. The highest BCUT2D eigenvalue weighted by Crippen LogP contribution is 2.20. The topological polar surface area (TPSA) is 187 Å². The summed E-state index contributed by atoms with van der Waals surface area (Å²) in [6.45, 7) is 5.46. The number of piperazine rings is 2. The molecule has 2 aromatic rings. The van der Waals surface area contributed by atoms with Crippen molar-refractivity contribution in [3.8, 4) is 0 Å². The number of anilines is 2. The molecule has 15 heteroatoms. The van der Waals surface area contributed by atoms with E-state index in [-0.39, 0.29) is 23.6 Å². The molecule has 0 aromatic heterocycles. The SMILES string of the molecule is N=C(N)N1CCN(c2ccccc2F)CC1.N=C(N)N1CCN(c2ccccc2F)CC1.O=S(=O)(O)O. The average molecular weight is 543 g/mol. The molecule has 2 heterocycles. The van der Waals surface area contributed by atoms with Gasteiger partial charge in [-0.25, -0.2) is 8.78 Å². The normalized spacial score (nSPS) is 15.7. The monoisotopic (exact) mass is 542 g/mol. The van der Waals surface area contributed by atoms with E-state index in [4.69, 9.17) is 39.8 Å². The van der Waals surface area contributed by atoms with Gasteiger partial charge in [-0.1, -0.05) is 24.3 Å². The Morgan fingerprint density at radius 3 is 1.19 bits per heavy atom. The number of benzene rings is 2. The van der Waals surface area contributed by atoms with E-state index in [1.54, 1.807) is 34.1 Å². The zero-order valence-corrected chi connectivity index (χ0v) is 20.9. The van der Waals surface area contributed by atoms with Crippen LogP contribution in [0.5, 0.6) is 0 Å². The fraction of sp³-hybridized carbons (Fsp3) is 0.364. The molecule has 2 aromatic carbocycles. The maximum absolute atomic E-state index is 13.5. The number of nitrogens with two attached hydrogens (primary N) is 2. The number of hydrogen-bond acceptors (Lipinski definition) is 6. The highest BCUT2D eigenvalue weighted by atomic mass is 32.3. The van der Waals surface area contributed by atoms with E-state index < -0.39 is 10.4 Å². The van der Waals surface area contributed by atoms with E-state index in [2.05, 4.69) is 0 Å². The van der Waals surface area contributed by atoms with Crippen LogP contribution in [0, 0.1) is 22.5 Å². The molecule has 0 unspecified atom stereocenters. The predicted octanol–water partition coefficient (Wildman–Crippen LogP) is 1.03. The van der Waals surface area contributed by atoms with Crippen molar-refractivity contribution in [3.63, 3.8) is 0 Å². The van der Waals surface area contributed by atoms with Crippen LogP contribution in [-0.4, -0.2) is 91.6 Å². The molecule has 12 nitrogen and oxygen atoms in total. The lowest BCUT2D eigenvalue weighted by Gasteiger charge is -2.36. The number of nitrogens with one attached hydrogen (secondary N) is 2. The predicted molar refractivity (Wildman–Crippen MR) is 138 cm³/mol. The van der Waals surface area contributed by atoms with Gasteiger partial charge in [0, 0.05) is 52.4 Å². The van der Waals surface area contributed by atoms with Crippen molar-refractivity contribution in [2.75, 3.05) is 62.2 Å². The van der Waals surface area contributed by atoms with E-state index in [1.165, 1.54) is 12.1 Å². The Labute approximate surface area is 214 Å². The minimum absolute atomic E-state index is 0.0909. The second kappa shape index (κ2) is 13.6. The molecular weight excluding hydrogens is 510 g/mol. The molecule has 2 aliphatic heterocycles. The van der Waals surface area contributed by atoms with Crippen LogP contribution >= 0.6 is 0 Å². The summed E-state index contributed by atoms with van der Waals surface area (Å²) in [4.78, 5) is 7.54. The molecule has 0 aliphatic carbocycles. The second-order valence-electron chi connectivity index (χ2n) is 8.07. The van der Waals surface area contributed by atoms with Gasteiger partial charge in [0.2, 0.25) is 0 Å². The molecule has 2 fully saturated rings. The van der Waals surface area contributed by atoms with Crippen LogP contribution in [0.15, 0.2) is 48.5 Å².